The Labute approximate surface area is 159 Å². The number of carbonyl (C=O) groups excluding carboxylic acids is 2. The molecule has 1 aromatic heterocycles. The first-order valence-corrected chi connectivity index (χ1v) is 9.29. The molecular formula is C21H25N3O3. The Morgan fingerprint density at radius 1 is 1.00 bits per heavy atom. The molecule has 0 atom stereocenters. The molecule has 3 rings (SSSR count). The topological polar surface area (TPSA) is 62.7 Å². The van der Waals surface area contributed by atoms with Crippen molar-refractivity contribution >= 4 is 11.8 Å². The van der Waals surface area contributed by atoms with E-state index in [0.29, 0.717) is 44.7 Å². The lowest BCUT2D eigenvalue weighted by Crippen LogP contribution is -2.37. The summed E-state index contributed by atoms with van der Waals surface area (Å²) < 4.78 is 5.35. The Morgan fingerprint density at radius 2 is 1.74 bits per heavy atom. The largest absolute Gasteiger partial charge is 0.496 e. The minimum absolute atomic E-state index is 0.0704. The number of pyridine rings is 1. The Bertz CT molecular complexity index is 779. The Morgan fingerprint density at radius 3 is 2.52 bits per heavy atom. The van der Waals surface area contributed by atoms with Gasteiger partial charge in [-0.1, -0.05) is 24.3 Å². The number of rotatable bonds is 5. The molecule has 1 fully saturated rings. The summed E-state index contributed by atoms with van der Waals surface area (Å²) in [4.78, 5) is 33.0. The number of amides is 2. The minimum atomic E-state index is -0.0704. The van der Waals surface area contributed by atoms with Crippen molar-refractivity contribution in [3.8, 4) is 5.75 Å². The quantitative estimate of drug-likeness (QED) is 0.814. The summed E-state index contributed by atoms with van der Waals surface area (Å²) in [5.41, 5.74) is 1.49. The third-order valence-electron chi connectivity index (χ3n) is 4.82. The van der Waals surface area contributed by atoms with Gasteiger partial charge < -0.3 is 14.5 Å². The van der Waals surface area contributed by atoms with Crippen LogP contribution in [-0.2, 0) is 11.2 Å². The van der Waals surface area contributed by atoms with Crippen LogP contribution in [0.15, 0.2) is 48.7 Å². The van der Waals surface area contributed by atoms with Gasteiger partial charge in [0, 0.05) is 38.8 Å². The smallest absolute Gasteiger partial charge is 0.272 e. The molecule has 1 aliphatic rings. The highest BCUT2D eigenvalue weighted by Gasteiger charge is 2.23. The number of hydrogen-bond donors (Lipinski definition) is 0. The van der Waals surface area contributed by atoms with Crippen LogP contribution in [0.4, 0.5) is 0 Å². The highest BCUT2D eigenvalue weighted by molar-refractivity contribution is 5.92. The number of aromatic nitrogens is 1. The third kappa shape index (κ3) is 4.84. The van der Waals surface area contributed by atoms with Crippen LogP contribution in [0.3, 0.4) is 0 Å². The molecule has 27 heavy (non-hydrogen) atoms. The summed E-state index contributed by atoms with van der Waals surface area (Å²) in [5, 5.41) is 0. The third-order valence-corrected chi connectivity index (χ3v) is 4.82. The molecule has 0 radical (unpaired) electrons. The Kier molecular flexibility index (Phi) is 6.41. The first-order chi connectivity index (χ1) is 13.2. The summed E-state index contributed by atoms with van der Waals surface area (Å²) in [7, 11) is 1.64. The number of hydrogen-bond acceptors (Lipinski definition) is 4. The molecule has 6 nitrogen and oxygen atoms in total. The highest BCUT2D eigenvalue weighted by Crippen LogP contribution is 2.19. The lowest BCUT2D eigenvalue weighted by Gasteiger charge is -2.22. The number of para-hydroxylation sites is 1. The molecule has 2 heterocycles. The van der Waals surface area contributed by atoms with Crippen molar-refractivity contribution in [2.24, 2.45) is 0 Å². The molecule has 0 saturated carbocycles. The molecule has 0 unspecified atom stereocenters. The average molecular weight is 367 g/mol. The fraction of sp³-hybridized carbons (Fsp3) is 0.381. The first kappa shape index (κ1) is 18.9. The number of benzene rings is 1. The van der Waals surface area contributed by atoms with Gasteiger partial charge in [0.2, 0.25) is 5.91 Å². The van der Waals surface area contributed by atoms with Crippen LogP contribution in [0, 0.1) is 0 Å². The molecule has 0 aliphatic carbocycles. The normalized spacial score (nSPS) is 14.6. The van der Waals surface area contributed by atoms with Crippen molar-refractivity contribution in [2.45, 2.75) is 19.3 Å². The molecule has 0 spiro atoms. The van der Waals surface area contributed by atoms with Crippen LogP contribution in [0.5, 0.6) is 5.75 Å². The van der Waals surface area contributed by atoms with E-state index >= 15 is 0 Å². The van der Waals surface area contributed by atoms with E-state index < -0.39 is 0 Å². The van der Waals surface area contributed by atoms with Gasteiger partial charge in [-0.25, -0.2) is 0 Å². The van der Waals surface area contributed by atoms with Gasteiger partial charge in [-0.2, -0.15) is 0 Å². The van der Waals surface area contributed by atoms with Crippen LogP contribution in [-0.4, -0.2) is 59.9 Å². The molecule has 0 bridgehead atoms. The van der Waals surface area contributed by atoms with Gasteiger partial charge in [-0.05, 0) is 36.6 Å². The second-order valence-electron chi connectivity index (χ2n) is 6.55. The van der Waals surface area contributed by atoms with E-state index in [2.05, 4.69) is 4.98 Å². The summed E-state index contributed by atoms with van der Waals surface area (Å²) in [6.45, 7) is 2.42. The predicted molar refractivity (Wildman–Crippen MR) is 103 cm³/mol. The zero-order valence-electron chi connectivity index (χ0n) is 15.6. The first-order valence-electron chi connectivity index (χ1n) is 9.29. The van der Waals surface area contributed by atoms with E-state index in [4.69, 9.17) is 4.74 Å². The van der Waals surface area contributed by atoms with E-state index in [9.17, 15) is 9.59 Å². The molecule has 2 aromatic rings. The molecule has 6 heteroatoms. The lowest BCUT2D eigenvalue weighted by molar-refractivity contribution is -0.131. The van der Waals surface area contributed by atoms with Crippen LogP contribution in [0.25, 0.3) is 0 Å². The molecule has 1 aliphatic heterocycles. The van der Waals surface area contributed by atoms with Crippen LogP contribution >= 0.6 is 0 Å². The van der Waals surface area contributed by atoms with Gasteiger partial charge in [0.05, 0.1) is 7.11 Å². The van der Waals surface area contributed by atoms with Gasteiger partial charge in [-0.15, -0.1) is 0 Å². The van der Waals surface area contributed by atoms with Crippen molar-refractivity contribution in [1.29, 1.82) is 0 Å². The molecule has 142 valence electrons. The maximum absolute atomic E-state index is 12.6. The maximum atomic E-state index is 12.6. The van der Waals surface area contributed by atoms with Crippen molar-refractivity contribution in [1.82, 2.24) is 14.8 Å². The fourth-order valence-corrected chi connectivity index (χ4v) is 3.33. The minimum Gasteiger partial charge on any atom is -0.496 e. The number of aryl methyl sites for hydroxylation is 1. The zero-order valence-corrected chi connectivity index (χ0v) is 15.6. The molecule has 1 saturated heterocycles. The predicted octanol–water partition coefficient (Wildman–Crippen LogP) is 2.40. The number of methoxy groups -OCH3 is 1. The average Bonchev–Trinajstić information content (AvgIpc) is 2.98. The van der Waals surface area contributed by atoms with Crippen molar-refractivity contribution in [2.75, 3.05) is 33.3 Å². The van der Waals surface area contributed by atoms with E-state index in [-0.39, 0.29) is 11.8 Å². The van der Waals surface area contributed by atoms with Gasteiger partial charge in [0.15, 0.2) is 0 Å². The summed E-state index contributed by atoms with van der Waals surface area (Å²) >= 11 is 0. The monoisotopic (exact) mass is 367 g/mol. The molecule has 2 amide bonds. The van der Waals surface area contributed by atoms with Crippen LogP contribution in [0.2, 0.25) is 0 Å². The van der Waals surface area contributed by atoms with Gasteiger partial charge in [-0.3, -0.25) is 14.6 Å². The number of ether oxygens (including phenoxy) is 1. The van der Waals surface area contributed by atoms with Crippen molar-refractivity contribution in [3.63, 3.8) is 0 Å². The summed E-state index contributed by atoms with van der Waals surface area (Å²) in [5.74, 6) is 0.861. The van der Waals surface area contributed by atoms with Gasteiger partial charge >= 0.3 is 0 Å². The van der Waals surface area contributed by atoms with E-state index in [1.54, 1.807) is 30.3 Å². The van der Waals surface area contributed by atoms with E-state index in [1.807, 2.05) is 35.2 Å². The molecular weight excluding hydrogens is 342 g/mol. The van der Waals surface area contributed by atoms with Crippen molar-refractivity contribution in [3.05, 3.63) is 59.9 Å². The zero-order chi connectivity index (χ0) is 19.1. The maximum Gasteiger partial charge on any atom is 0.272 e. The molecule has 1 aromatic carbocycles. The SMILES string of the molecule is COc1ccccc1CCC(=O)N1CCCN(C(=O)c2ccccn2)CC1. The fourth-order valence-electron chi connectivity index (χ4n) is 3.33. The summed E-state index contributed by atoms with van der Waals surface area (Å²) in [6.07, 6.45) is 3.49. The lowest BCUT2D eigenvalue weighted by atomic mass is 10.1. The van der Waals surface area contributed by atoms with Gasteiger partial charge in [0.1, 0.15) is 11.4 Å². The molecule has 0 N–H and O–H groups in total. The van der Waals surface area contributed by atoms with Crippen LogP contribution in [0.1, 0.15) is 28.9 Å². The van der Waals surface area contributed by atoms with Gasteiger partial charge in [0.25, 0.3) is 5.91 Å². The second-order valence-corrected chi connectivity index (χ2v) is 6.55. The summed E-state index contributed by atoms with van der Waals surface area (Å²) in [6, 6.07) is 13.1. The number of carbonyl (C=O) groups is 2. The Balaban J connectivity index is 1.54. The second kappa shape index (κ2) is 9.16. The highest BCUT2D eigenvalue weighted by atomic mass is 16.5. The standard InChI is InChI=1S/C21H25N3O3/c1-27-19-9-3-2-7-17(19)10-11-20(25)23-13-6-14-24(16-15-23)21(26)18-8-4-5-12-22-18/h2-5,7-9,12H,6,10-11,13-16H2,1H3. The van der Waals surface area contributed by atoms with E-state index in [1.165, 1.54) is 0 Å². The van der Waals surface area contributed by atoms with Crippen molar-refractivity contribution < 1.29 is 14.3 Å². The van der Waals surface area contributed by atoms with Crippen LogP contribution < -0.4 is 4.74 Å². The Hall–Kier alpha value is -2.89. The van der Waals surface area contributed by atoms with E-state index in [0.717, 1.165) is 17.7 Å². The number of nitrogens with zero attached hydrogens (tertiary/aromatic N) is 3.